The molecule has 0 saturated carbocycles. The summed E-state index contributed by atoms with van der Waals surface area (Å²) in [5.41, 5.74) is 1.43. The maximum absolute atomic E-state index is 14.0. The fraction of sp³-hybridized carbons (Fsp3) is 0.529. The molecule has 0 aromatic heterocycles. The lowest BCUT2D eigenvalue weighted by Crippen LogP contribution is -2.07. The van der Waals surface area contributed by atoms with E-state index in [1.807, 2.05) is 22.6 Å². The van der Waals surface area contributed by atoms with Crippen LogP contribution in [0.2, 0.25) is 0 Å². The molecule has 0 amide bonds. The van der Waals surface area contributed by atoms with Gasteiger partial charge in [0.25, 0.3) is 0 Å². The number of halogens is 3. The molecule has 1 aliphatic carbocycles. The second-order valence-electron chi connectivity index (χ2n) is 5.59. The number of allylic oxidation sites excluding steroid dienone is 2. The third-order valence-electron chi connectivity index (χ3n) is 4.12. The molecule has 1 atom stereocenters. The summed E-state index contributed by atoms with van der Waals surface area (Å²) in [5, 5.41) is 0. The zero-order chi connectivity index (χ0) is 14.5. The Morgan fingerprint density at radius 3 is 2.65 bits per heavy atom. The average molecular weight is 390 g/mol. The van der Waals surface area contributed by atoms with Crippen LogP contribution in [-0.4, -0.2) is 0 Å². The van der Waals surface area contributed by atoms with Crippen molar-refractivity contribution in [3.8, 4) is 0 Å². The second-order valence-corrected chi connectivity index (χ2v) is 6.75. The first-order chi connectivity index (χ1) is 9.63. The van der Waals surface area contributed by atoms with Crippen molar-refractivity contribution in [2.75, 3.05) is 0 Å². The third kappa shape index (κ3) is 3.80. The van der Waals surface area contributed by atoms with E-state index >= 15 is 0 Å². The van der Waals surface area contributed by atoms with Gasteiger partial charge in [0.2, 0.25) is 0 Å². The summed E-state index contributed by atoms with van der Waals surface area (Å²) in [6.45, 7) is 2.22. The smallest absolute Gasteiger partial charge is 0.172 e. The minimum Gasteiger partial charge on any atom is -0.203 e. The lowest BCUT2D eigenvalue weighted by molar-refractivity contribution is 0.427. The van der Waals surface area contributed by atoms with Crippen molar-refractivity contribution in [1.82, 2.24) is 0 Å². The zero-order valence-electron chi connectivity index (χ0n) is 11.9. The van der Waals surface area contributed by atoms with Crippen molar-refractivity contribution in [3.63, 3.8) is 0 Å². The van der Waals surface area contributed by atoms with Gasteiger partial charge in [0.15, 0.2) is 11.6 Å². The summed E-state index contributed by atoms with van der Waals surface area (Å²) in [6.07, 6.45) is 10.2. The Hall–Kier alpha value is -0.450. The van der Waals surface area contributed by atoms with E-state index in [4.69, 9.17) is 0 Å². The molecule has 0 spiro atoms. The molecule has 2 rings (SSSR count). The van der Waals surface area contributed by atoms with E-state index < -0.39 is 11.6 Å². The molecule has 0 saturated heterocycles. The normalized spacial score (nSPS) is 19.0. The summed E-state index contributed by atoms with van der Waals surface area (Å²) >= 11 is 1.82. The van der Waals surface area contributed by atoms with Gasteiger partial charge in [-0.05, 0) is 59.4 Å². The number of rotatable bonds is 5. The lowest BCUT2D eigenvalue weighted by Gasteiger charge is -2.22. The van der Waals surface area contributed by atoms with Crippen LogP contribution < -0.4 is 0 Å². The molecule has 0 nitrogen and oxygen atoms in total. The molecule has 1 aromatic carbocycles. The van der Waals surface area contributed by atoms with E-state index in [-0.39, 0.29) is 0 Å². The summed E-state index contributed by atoms with van der Waals surface area (Å²) in [4.78, 5) is 0. The SMILES string of the molecule is CCCCCC1CC=C(c2ccc(I)c(F)c2F)CC1. The van der Waals surface area contributed by atoms with E-state index in [1.165, 1.54) is 25.7 Å². The van der Waals surface area contributed by atoms with Crippen molar-refractivity contribution in [2.45, 2.75) is 51.9 Å². The van der Waals surface area contributed by atoms with Gasteiger partial charge in [-0.3, -0.25) is 0 Å². The molecule has 110 valence electrons. The van der Waals surface area contributed by atoms with Gasteiger partial charge >= 0.3 is 0 Å². The van der Waals surface area contributed by atoms with Crippen LogP contribution in [0, 0.1) is 21.1 Å². The first kappa shape index (κ1) is 15.9. The molecule has 0 fully saturated rings. The fourth-order valence-electron chi connectivity index (χ4n) is 2.85. The molecule has 1 unspecified atom stereocenters. The van der Waals surface area contributed by atoms with E-state index in [9.17, 15) is 8.78 Å². The lowest BCUT2D eigenvalue weighted by atomic mass is 9.84. The largest absolute Gasteiger partial charge is 0.203 e. The first-order valence-electron chi connectivity index (χ1n) is 7.46. The highest BCUT2D eigenvalue weighted by Gasteiger charge is 2.19. The Labute approximate surface area is 133 Å². The minimum absolute atomic E-state index is 0.345. The Bertz CT molecular complexity index is 494. The van der Waals surface area contributed by atoms with Crippen molar-refractivity contribution < 1.29 is 8.78 Å². The molecule has 3 heteroatoms. The number of hydrogen-bond acceptors (Lipinski definition) is 0. The van der Waals surface area contributed by atoms with Crippen LogP contribution in [0.15, 0.2) is 18.2 Å². The quantitative estimate of drug-likeness (QED) is 0.313. The summed E-state index contributed by atoms with van der Waals surface area (Å²) < 4.78 is 27.9. The summed E-state index contributed by atoms with van der Waals surface area (Å²) in [6, 6.07) is 3.37. The van der Waals surface area contributed by atoms with Gasteiger partial charge in [0.1, 0.15) is 0 Å². The highest BCUT2D eigenvalue weighted by atomic mass is 127. The Morgan fingerprint density at radius 1 is 1.20 bits per heavy atom. The molecular weight excluding hydrogens is 369 g/mol. The van der Waals surface area contributed by atoms with Crippen LogP contribution in [0.4, 0.5) is 8.78 Å². The number of unbranched alkanes of at least 4 members (excludes halogenated alkanes) is 2. The Morgan fingerprint density at radius 2 is 2.00 bits per heavy atom. The van der Waals surface area contributed by atoms with Crippen molar-refractivity contribution in [3.05, 3.63) is 39.0 Å². The van der Waals surface area contributed by atoms with Crippen molar-refractivity contribution >= 4 is 28.2 Å². The number of benzene rings is 1. The van der Waals surface area contributed by atoms with Crippen LogP contribution in [0.5, 0.6) is 0 Å². The van der Waals surface area contributed by atoms with Crippen LogP contribution in [0.1, 0.15) is 57.4 Å². The molecule has 1 aliphatic rings. The Kier molecular flexibility index (Phi) is 6.00. The molecule has 0 aliphatic heterocycles. The highest BCUT2D eigenvalue weighted by Crippen LogP contribution is 2.34. The maximum Gasteiger partial charge on any atom is 0.172 e. The van der Waals surface area contributed by atoms with Gasteiger partial charge < -0.3 is 0 Å². The summed E-state index contributed by atoms with van der Waals surface area (Å²) in [5.74, 6) is -0.677. The van der Waals surface area contributed by atoms with Crippen LogP contribution >= 0.6 is 22.6 Å². The second kappa shape index (κ2) is 7.53. The summed E-state index contributed by atoms with van der Waals surface area (Å²) in [7, 11) is 0. The highest BCUT2D eigenvalue weighted by molar-refractivity contribution is 14.1. The molecular formula is C17H21F2I. The van der Waals surface area contributed by atoms with Crippen molar-refractivity contribution in [1.29, 1.82) is 0 Å². The molecule has 0 N–H and O–H groups in total. The van der Waals surface area contributed by atoms with E-state index in [1.54, 1.807) is 12.1 Å². The maximum atomic E-state index is 14.0. The van der Waals surface area contributed by atoms with Gasteiger partial charge in [0.05, 0.1) is 3.57 Å². The monoisotopic (exact) mass is 390 g/mol. The molecule has 0 heterocycles. The van der Waals surface area contributed by atoms with Gasteiger partial charge in [-0.1, -0.05) is 44.7 Å². The minimum atomic E-state index is -0.714. The van der Waals surface area contributed by atoms with Crippen LogP contribution in [0.3, 0.4) is 0 Å². The standard InChI is InChI=1S/C17H21F2I/c1-2-3-4-5-12-6-8-13(9-7-12)14-10-11-15(20)17(19)16(14)18/h8,10-12H,2-7,9H2,1H3. The van der Waals surface area contributed by atoms with Crippen molar-refractivity contribution in [2.24, 2.45) is 5.92 Å². The molecule has 1 aromatic rings. The molecule has 20 heavy (non-hydrogen) atoms. The molecule has 0 radical (unpaired) electrons. The van der Waals surface area contributed by atoms with Gasteiger partial charge in [0, 0.05) is 5.56 Å². The van der Waals surface area contributed by atoms with E-state index in [2.05, 4.69) is 13.0 Å². The predicted octanol–water partition coefficient (Wildman–Crippen LogP) is 6.33. The van der Waals surface area contributed by atoms with E-state index in [0.717, 1.165) is 30.8 Å². The van der Waals surface area contributed by atoms with Gasteiger partial charge in [-0.2, -0.15) is 0 Å². The van der Waals surface area contributed by atoms with Crippen LogP contribution in [-0.2, 0) is 0 Å². The Balaban J connectivity index is 2.03. The topological polar surface area (TPSA) is 0 Å². The van der Waals surface area contributed by atoms with Crippen LogP contribution in [0.25, 0.3) is 5.57 Å². The number of hydrogen-bond donors (Lipinski definition) is 0. The van der Waals surface area contributed by atoms with Gasteiger partial charge in [-0.25, -0.2) is 8.78 Å². The third-order valence-corrected chi connectivity index (χ3v) is 4.95. The fourth-order valence-corrected chi connectivity index (χ4v) is 3.27. The zero-order valence-corrected chi connectivity index (χ0v) is 14.1. The molecule has 0 bridgehead atoms. The first-order valence-corrected chi connectivity index (χ1v) is 8.54. The predicted molar refractivity (Wildman–Crippen MR) is 88.5 cm³/mol. The van der Waals surface area contributed by atoms with Gasteiger partial charge in [-0.15, -0.1) is 0 Å². The van der Waals surface area contributed by atoms with E-state index in [0.29, 0.717) is 9.13 Å². The average Bonchev–Trinajstić information content (AvgIpc) is 2.46.